The maximum atomic E-state index is 12.6. The van der Waals surface area contributed by atoms with E-state index in [0.717, 1.165) is 16.9 Å². The molecule has 0 aliphatic carbocycles. The standard InChI is InChI=1S/C24H25NO3/c1-4-23(28-22-15-17(2)14-18(3)16-22)24(26)25-19-10-12-21(13-11-19)27-20-8-6-5-7-9-20/h5-16,23H,4H2,1-3H3,(H,25,26). The Morgan fingerprint density at radius 3 is 2.07 bits per heavy atom. The molecular formula is C24H25NO3. The molecule has 4 nitrogen and oxygen atoms in total. The Morgan fingerprint density at radius 1 is 0.857 bits per heavy atom. The normalized spacial score (nSPS) is 11.5. The van der Waals surface area contributed by atoms with Gasteiger partial charge in [0.15, 0.2) is 6.10 Å². The second-order valence-corrected chi connectivity index (χ2v) is 6.77. The lowest BCUT2D eigenvalue weighted by atomic mass is 10.1. The van der Waals surface area contributed by atoms with Gasteiger partial charge in [0.25, 0.3) is 5.91 Å². The number of amides is 1. The lowest BCUT2D eigenvalue weighted by Gasteiger charge is -2.18. The van der Waals surface area contributed by atoms with E-state index >= 15 is 0 Å². The predicted molar refractivity (Wildman–Crippen MR) is 112 cm³/mol. The van der Waals surface area contributed by atoms with Gasteiger partial charge in [0, 0.05) is 5.69 Å². The molecule has 1 atom stereocenters. The minimum atomic E-state index is -0.554. The van der Waals surface area contributed by atoms with Gasteiger partial charge in [-0.25, -0.2) is 0 Å². The second-order valence-electron chi connectivity index (χ2n) is 6.77. The summed E-state index contributed by atoms with van der Waals surface area (Å²) in [6.45, 7) is 5.96. The van der Waals surface area contributed by atoms with E-state index in [0.29, 0.717) is 23.6 Å². The summed E-state index contributed by atoms with van der Waals surface area (Å²) in [4.78, 5) is 12.6. The van der Waals surface area contributed by atoms with E-state index in [1.807, 2.05) is 87.5 Å². The van der Waals surface area contributed by atoms with Gasteiger partial charge in [-0.05, 0) is 79.9 Å². The van der Waals surface area contributed by atoms with E-state index in [9.17, 15) is 4.79 Å². The first-order valence-corrected chi connectivity index (χ1v) is 9.42. The van der Waals surface area contributed by atoms with Gasteiger partial charge in [-0.1, -0.05) is 31.2 Å². The van der Waals surface area contributed by atoms with Crippen molar-refractivity contribution in [3.63, 3.8) is 0 Å². The first-order valence-electron chi connectivity index (χ1n) is 9.42. The smallest absolute Gasteiger partial charge is 0.265 e. The monoisotopic (exact) mass is 375 g/mol. The summed E-state index contributed by atoms with van der Waals surface area (Å²) in [7, 11) is 0. The fourth-order valence-electron chi connectivity index (χ4n) is 2.94. The summed E-state index contributed by atoms with van der Waals surface area (Å²) in [6.07, 6.45) is 0.0232. The second kappa shape index (κ2) is 9.09. The third-order valence-electron chi connectivity index (χ3n) is 4.24. The highest BCUT2D eigenvalue weighted by Gasteiger charge is 2.19. The average molecular weight is 375 g/mol. The van der Waals surface area contributed by atoms with Crippen molar-refractivity contribution < 1.29 is 14.3 Å². The van der Waals surface area contributed by atoms with Crippen LogP contribution >= 0.6 is 0 Å². The van der Waals surface area contributed by atoms with Crippen LogP contribution in [0.4, 0.5) is 5.69 Å². The molecule has 4 heteroatoms. The van der Waals surface area contributed by atoms with Crippen molar-refractivity contribution in [2.24, 2.45) is 0 Å². The number of nitrogens with one attached hydrogen (secondary N) is 1. The number of hydrogen-bond donors (Lipinski definition) is 1. The number of benzene rings is 3. The van der Waals surface area contributed by atoms with Gasteiger partial charge in [0.1, 0.15) is 17.2 Å². The van der Waals surface area contributed by atoms with Crippen LogP contribution in [-0.4, -0.2) is 12.0 Å². The Kier molecular flexibility index (Phi) is 6.33. The number of carbonyl (C=O) groups is 1. The molecular weight excluding hydrogens is 350 g/mol. The number of ether oxygens (including phenoxy) is 2. The van der Waals surface area contributed by atoms with Crippen molar-refractivity contribution in [1.82, 2.24) is 0 Å². The molecule has 0 saturated carbocycles. The summed E-state index contributed by atoms with van der Waals surface area (Å²) >= 11 is 0. The highest BCUT2D eigenvalue weighted by molar-refractivity contribution is 5.94. The molecule has 0 heterocycles. The number of hydrogen-bond acceptors (Lipinski definition) is 3. The Hall–Kier alpha value is -3.27. The topological polar surface area (TPSA) is 47.6 Å². The maximum absolute atomic E-state index is 12.6. The van der Waals surface area contributed by atoms with Gasteiger partial charge < -0.3 is 14.8 Å². The van der Waals surface area contributed by atoms with Crippen molar-refractivity contribution >= 4 is 11.6 Å². The van der Waals surface area contributed by atoms with E-state index < -0.39 is 6.10 Å². The first-order chi connectivity index (χ1) is 13.5. The van der Waals surface area contributed by atoms with Gasteiger partial charge in [0.2, 0.25) is 0 Å². The lowest BCUT2D eigenvalue weighted by molar-refractivity contribution is -0.122. The summed E-state index contributed by atoms with van der Waals surface area (Å²) in [5.74, 6) is 2.03. The predicted octanol–water partition coefficient (Wildman–Crippen LogP) is 5.89. The Balaban J connectivity index is 1.62. The van der Waals surface area contributed by atoms with Crippen molar-refractivity contribution in [2.75, 3.05) is 5.32 Å². The van der Waals surface area contributed by atoms with Crippen molar-refractivity contribution in [2.45, 2.75) is 33.3 Å². The molecule has 1 N–H and O–H groups in total. The molecule has 0 saturated heterocycles. The van der Waals surface area contributed by atoms with Gasteiger partial charge in [0.05, 0.1) is 0 Å². The Labute approximate surface area is 166 Å². The molecule has 28 heavy (non-hydrogen) atoms. The lowest BCUT2D eigenvalue weighted by Crippen LogP contribution is -2.32. The summed E-state index contributed by atoms with van der Waals surface area (Å²) in [6, 6.07) is 22.8. The molecule has 0 radical (unpaired) electrons. The van der Waals surface area contributed by atoms with Crippen LogP contribution in [0.2, 0.25) is 0 Å². The van der Waals surface area contributed by atoms with Crippen molar-refractivity contribution in [1.29, 1.82) is 0 Å². The van der Waals surface area contributed by atoms with Crippen LogP contribution in [0.3, 0.4) is 0 Å². The molecule has 1 unspecified atom stereocenters. The van der Waals surface area contributed by atoms with E-state index in [2.05, 4.69) is 11.4 Å². The quantitative estimate of drug-likeness (QED) is 0.560. The molecule has 1 amide bonds. The third-order valence-corrected chi connectivity index (χ3v) is 4.24. The fourth-order valence-corrected chi connectivity index (χ4v) is 2.94. The highest BCUT2D eigenvalue weighted by Crippen LogP contribution is 2.23. The van der Waals surface area contributed by atoms with Crippen molar-refractivity contribution in [3.05, 3.63) is 83.9 Å². The van der Waals surface area contributed by atoms with Crippen LogP contribution in [0, 0.1) is 13.8 Å². The van der Waals surface area contributed by atoms with Gasteiger partial charge in [-0.2, -0.15) is 0 Å². The van der Waals surface area contributed by atoms with E-state index in [1.54, 1.807) is 0 Å². The molecule has 3 rings (SSSR count). The van der Waals surface area contributed by atoms with E-state index in [-0.39, 0.29) is 5.91 Å². The summed E-state index contributed by atoms with van der Waals surface area (Å²) in [5.41, 5.74) is 2.92. The molecule has 0 fully saturated rings. The third kappa shape index (κ3) is 5.36. The van der Waals surface area contributed by atoms with Gasteiger partial charge >= 0.3 is 0 Å². The molecule has 3 aromatic rings. The molecule has 0 spiro atoms. The SMILES string of the molecule is CCC(Oc1cc(C)cc(C)c1)C(=O)Nc1ccc(Oc2ccccc2)cc1. The zero-order valence-corrected chi connectivity index (χ0v) is 16.4. The van der Waals surface area contributed by atoms with Crippen LogP contribution in [0.5, 0.6) is 17.2 Å². The Bertz CT molecular complexity index is 900. The molecule has 0 bridgehead atoms. The number of rotatable bonds is 7. The van der Waals surface area contributed by atoms with Crippen LogP contribution in [0.1, 0.15) is 24.5 Å². The van der Waals surface area contributed by atoms with Crippen LogP contribution in [-0.2, 0) is 4.79 Å². The highest BCUT2D eigenvalue weighted by atomic mass is 16.5. The minimum absolute atomic E-state index is 0.168. The van der Waals surface area contributed by atoms with Crippen LogP contribution in [0.25, 0.3) is 0 Å². The zero-order chi connectivity index (χ0) is 19.9. The van der Waals surface area contributed by atoms with Crippen molar-refractivity contribution in [3.8, 4) is 17.2 Å². The number of aryl methyl sites for hydroxylation is 2. The fraction of sp³-hybridized carbons (Fsp3) is 0.208. The number of anilines is 1. The molecule has 0 aliphatic heterocycles. The van der Waals surface area contributed by atoms with E-state index in [4.69, 9.17) is 9.47 Å². The molecule has 0 aliphatic rings. The van der Waals surface area contributed by atoms with Crippen LogP contribution < -0.4 is 14.8 Å². The summed E-state index contributed by atoms with van der Waals surface area (Å²) < 4.78 is 11.7. The summed E-state index contributed by atoms with van der Waals surface area (Å²) in [5, 5.41) is 2.91. The average Bonchev–Trinajstić information content (AvgIpc) is 2.67. The molecule has 0 aromatic heterocycles. The zero-order valence-electron chi connectivity index (χ0n) is 16.4. The van der Waals surface area contributed by atoms with Crippen LogP contribution in [0.15, 0.2) is 72.8 Å². The van der Waals surface area contributed by atoms with Gasteiger partial charge in [-0.3, -0.25) is 4.79 Å². The van der Waals surface area contributed by atoms with Gasteiger partial charge in [-0.15, -0.1) is 0 Å². The maximum Gasteiger partial charge on any atom is 0.265 e. The minimum Gasteiger partial charge on any atom is -0.481 e. The first kappa shape index (κ1) is 19.5. The number of carbonyl (C=O) groups excluding carboxylic acids is 1. The van der Waals surface area contributed by atoms with E-state index in [1.165, 1.54) is 0 Å². The molecule has 3 aromatic carbocycles. The largest absolute Gasteiger partial charge is 0.481 e. The number of para-hydroxylation sites is 1. The Morgan fingerprint density at radius 2 is 1.46 bits per heavy atom. The molecule has 144 valence electrons.